The average molecular weight is 353 g/mol. The zero-order chi connectivity index (χ0) is 16.4. The Hall–Kier alpha value is -2.84. The van der Waals surface area contributed by atoms with Gasteiger partial charge < -0.3 is 5.32 Å². The molecule has 3 aromatic heterocycles. The minimum atomic E-state index is -0.278. The number of carbonyl (C=O) groups excluding carboxylic acids is 1. The van der Waals surface area contributed by atoms with Crippen molar-refractivity contribution >= 4 is 54.9 Å². The molecule has 0 aliphatic rings. The minimum Gasteiger partial charge on any atom is -0.316 e. The Labute approximate surface area is 145 Å². The van der Waals surface area contributed by atoms with E-state index in [1.807, 2.05) is 42.5 Å². The summed E-state index contributed by atoms with van der Waals surface area (Å²) in [5, 5.41) is 8.74. The quantitative estimate of drug-likeness (QED) is 0.576. The number of benzene rings is 1. The Bertz CT molecular complexity index is 963. The number of hydrogen-bond acceptors (Lipinski definition) is 7. The lowest BCUT2D eigenvalue weighted by atomic mass is 10.3. The van der Waals surface area contributed by atoms with Crippen LogP contribution in [0, 0.1) is 0 Å². The summed E-state index contributed by atoms with van der Waals surface area (Å²) in [4.78, 5) is 25.2. The fraction of sp³-hybridized carbons (Fsp3) is 0. The smallest absolute Gasteiger partial charge is 0.276 e. The molecule has 0 unspecified atom stereocenters. The van der Waals surface area contributed by atoms with Gasteiger partial charge in [0.15, 0.2) is 10.3 Å². The van der Waals surface area contributed by atoms with E-state index in [-0.39, 0.29) is 5.91 Å². The molecule has 3 heterocycles. The molecule has 0 spiro atoms. The molecule has 0 saturated heterocycles. The Morgan fingerprint density at radius 3 is 2.71 bits per heavy atom. The number of aromatic nitrogens is 3. The molecule has 0 bridgehead atoms. The second kappa shape index (κ2) is 6.34. The van der Waals surface area contributed by atoms with E-state index in [2.05, 4.69) is 25.6 Å². The van der Waals surface area contributed by atoms with Crippen LogP contribution in [0.15, 0.2) is 54.0 Å². The molecule has 0 atom stereocenters. The predicted octanol–water partition coefficient (Wildman–Crippen LogP) is 4.14. The fourth-order valence-electron chi connectivity index (χ4n) is 2.07. The lowest BCUT2D eigenvalue weighted by Gasteiger charge is -2.00. The Morgan fingerprint density at radius 1 is 1.00 bits per heavy atom. The third kappa shape index (κ3) is 3.10. The van der Waals surface area contributed by atoms with Crippen molar-refractivity contribution in [2.75, 3.05) is 10.6 Å². The van der Waals surface area contributed by atoms with Crippen molar-refractivity contribution in [2.45, 2.75) is 0 Å². The van der Waals surface area contributed by atoms with Crippen molar-refractivity contribution in [2.24, 2.45) is 0 Å². The third-order valence-electron chi connectivity index (χ3n) is 3.15. The molecule has 118 valence electrons. The van der Waals surface area contributed by atoms with Gasteiger partial charge in [0.1, 0.15) is 11.5 Å². The van der Waals surface area contributed by atoms with Gasteiger partial charge in [-0.15, -0.1) is 11.3 Å². The normalized spacial score (nSPS) is 10.7. The average Bonchev–Trinajstić information content (AvgIpc) is 3.22. The first-order valence-electron chi connectivity index (χ1n) is 7.08. The highest BCUT2D eigenvalue weighted by molar-refractivity contribution is 7.22. The summed E-state index contributed by atoms with van der Waals surface area (Å²) in [6.07, 6.45) is 1.69. The summed E-state index contributed by atoms with van der Waals surface area (Å²) in [5.41, 5.74) is 1.21. The van der Waals surface area contributed by atoms with Crippen LogP contribution >= 0.6 is 22.7 Å². The number of rotatable bonds is 4. The maximum atomic E-state index is 12.3. The Morgan fingerprint density at radius 2 is 1.88 bits per heavy atom. The van der Waals surface area contributed by atoms with Gasteiger partial charge in [-0.2, -0.15) is 0 Å². The van der Waals surface area contributed by atoms with Gasteiger partial charge in [0.25, 0.3) is 5.91 Å². The molecule has 0 aliphatic heterocycles. The zero-order valence-corrected chi connectivity index (χ0v) is 13.9. The molecule has 4 aromatic rings. The number of para-hydroxylation sites is 1. The number of anilines is 3. The van der Waals surface area contributed by atoms with Crippen molar-refractivity contribution in [3.63, 3.8) is 0 Å². The van der Waals surface area contributed by atoms with Gasteiger partial charge in [-0.25, -0.2) is 15.0 Å². The third-order valence-corrected chi connectivity index (χ3v) is 4.86. The highest BCUT2D eigenvalue weighted by Crippen LogP contribution is 2.26. The van der Waals surface area contributed by atoms with Crippen molar-refractivity contribution in [3.05, 3.63) is 59.7 Å². The number of thiazole rings is 2. The van der Waals surface area contributed by atoms with Crippen LogP contribution in [0.3, 0.4) is 0 Å². The van der Waals surface area contributed by atoms with Gasteiger partial charge in [-0.3, -0.25) is 10.1 Å². The van der Waals surface area contributed by atoms with Crippen LogP contribution in [0.5, 0.6) is 0 Å². The molecule has 1 aromatic carbocycles. The molecule has 8 heteroatoms. The number of nitrogens with zero attached hydrogens (tertiary/aromatic N) is 3. The summed E-state index contributed by atoms with van der Waals surface area (Å²) in [6, 6.07) is 13.3. The van der Waals surface area contributed by atoms with E-state index in [4.69, 9.17) is 0 Å². The SMILES string of the molecule is O=C(Nc1nc2ccccc2s1)c1csc(Nc2ccccn2)n1. The Balaban J connectivity index is 1.48. The number of carbonyl (C=O) groups is 1. The molecule has 24 heavy (non-hydrogen) atoms. The molecule has 0 fully saturated rings. The van der Waals surface area contributed by atoms with Crippen LogP contribution in [-0.4, -0.2) is 20.9 Å². The molecule has 1 amide bonds. The van der Waals surface area contributed by atoms with Gasteiger partial charge in [0, 0.05) is 11.6 Å². The van der Waals surface area contributed by atoms with Gasteiger partial charge in [0.05, 0.1) is 10.2 Å². The minimum absolute atomic E-state index is 0.278. The molecule has 0 radical (unpaired) electrons. The van der Waals surface area contributed by atoms with E-state index in [9.17, 15) is 4.79 Å². The van der Waals surface area contributed by atoms with Crippen LogP contribution in [0.1, 0.15) is 10.5 Å². The first kappa shape index (κ1) is 14.7. The van der Waals surface area contributed by atoms with E-state index >= 15 is 0 Å². The standard InChI is InChI=1S/C16H11N5OS2/c22-14(21-16-18-10-5-1-2-6-12(10)24-16)11-9-23-15(19-11)20-13-7-3-4-8-17-13/h1-9H,(H,17,19,20)(H,18,21,22). The summed E-state index contributed by atoms with van der Waals surface area (Å²) < 4.78 is 1.03. The summed E-state index contributed by atoms with van der Waals surface area (Å²) in [7, 11) is 0. The molecule has 0 aliphatic carbocycles. The highest BCUT2D eigenvalue weighted by atomic mass is 32.1. The highest BCUT2D eigenvalue weighted by Gasteiger charge is 2.13. The van der Waals surface area contributed by atoms with Crippen molar-refractivity contribution in [1.82, 2.24) is 15.0 Å². The number of pyridine rings is 1. The largest absolute Gasteiger partial charge is 0.316 e. The topological polar surface area (TPSA) is 79.8 Å². The summed E-state index contributed by atoms with van der Waals surface area (Å²) in [5.74, 6) is 0.407. The van der Waals surface area contributed by atoms with Crippen LogP contribution < -0.4 is 10.6 Å². The van der Waals surface area contributed by atoms with Gasteiger partial charge in [-0.1, -0.05) is 29.5 Å². The second-order valence-electron chi connectivity index (χ2n) is 4.82. The van der Waals surface area contributed by atoms with Gasteiger partial charge in [0.2, 0.25) is 0 Å². The summed E-state index contributed by atoms with van der Waals surface area (Å²) >= 11 is 2.78. The lowest BCUT2D eigenvalue weighted by Crippen LogP contribution is -2.12. The second-order valence-corrected chi connectivity index (χ2v) is 6.71. The molecule has 2 N–H and O–H groups in total. The molecule has 0 saturated carbocycles. The maximum Gasteiger partial charge on any atom is 0.276 e. The van der Waals surface area contributed by atoms with Crippen molar-refractivity contribution in [1.29, 1.82) is 0 Å². The van der Waals surface area contributed by atoms with Crippen molar-refractivity contribution in [3.8, 4) is 0 Å². The first-order chi connectivity index (χ1) is 11.8. The van der Waals surface area contributed by atoms with Crippen LogP contribution in [-0.2, 0) is 0 Å². The van der Waals surface area contributed by atoms with Crippen LogP contribution in [0.2, 0.25) is 0 Å². The first-order valence-corrected chi connectivity index (χ1v) is 8.78. The molecular weight excluding hydrogens is 342 g/mol. The van der Waals surface area contributed by atoms with E-state index in [1.54, 1.807) is 11.6 Å². The molecule has 4 rings (SSSR count). The van der Waals surface area contributed by atoms with Crippen LogP contribution in [0.4, 0.5) is 16.1 Å². The number of nitrogens with one attached hydrogen (secondary N) is 2. The lowest BCUT2D eigenvalue weighted by molar-refractivity contribution is 0.102. The number of hydrogen-bond donors (Lipinski definition) is 2. The van der Waals surface area contributed by atoms with E-state index in [0.29, 0.717) is 21.8 Å². The molecule has 6 nitrogen and oxygen atoms in total. The van der Waals surface area contributed by atoms with E-state index in [0.717, 1.165) is 10.2 Å². The van der Waals surface area contributed by atoms with Crippen LogP contribution in [0.25, 0.3) is 10.2 Å². The van der Waals surface area contributed by atoms with Crippen molar-refractivity contribution < 1.29 is 4.79 Å². The molecular formula is C16H11N5OS2. The van der Waals surface area contributed by atoms with Gasteiger partial charge in [-0.05, 0) is 24.3 Å². The number of amides is 1. The monoisotopic (exact) mass is 353 g/mol. The van der Waals surface area contributed by atoms with E-state index < -0.39 is 0 Å². The Kier molecular flexibility index (Phi) is 3.89. The zero-order valence-electron chi connectivity index (χ0n) is 12.3. The maximum absolute atomic E-state index is 12.3. The summed E-state index contributed by atoms with van der Waals surface area (Å²) in [6.45, 7) is 0. The number of fused-ring (bicyclic) bond motifs is 1. The predicted molar refractivity (Wildman–Crippen MR) is 97.2 cm³/mol. The van der Waals surface area contributed by atoms with Gasteiger partial charge >= 0.3 is 0 Å². The van der Waals surface area contributed by atoms with E-state index in [1.165, 1.54) is 22.7 Å². The fourth-order valence-corrected chi connectivity index (χ4v) is 3.63.